The molecule has 0 radical (unpaired) electrons. The zero-order valence-electron chi connectivity index (χ0n) is 10.8. The molecule has 3 nitrogen and oxygen atoms in total. The van der Waals surface area contributed by atoms with Crippen LogP contribution in [0.2, 0.25) is 0 Å². The van der Waals surface area contributed by atoms with E-state index in [4.69, 9.17) is 0 Å². The van der Waals surface area contributed by atoms with Gasteiger partial charge in [-0.1, -0.05) is 12.8 Å². The average Bonchev–Trinajstić information content (AvgIpc) is 3.00. The summed E-state index contributed by atoms with van der Waals surface area (Å²) in [6, 6.07) is 5.70. The van der Waals surface area contributed by atoms with Gasteiger partial charge < -0.3 is 10.3 Å². The minimum absolute atomic E-state index is 0.212. The van der Waals surface area contributed by atoms with E-state index in [1.54, 1.807) is 6.07 Å². The molecule has 2 N–H and O–H groups in total. The molecule has 2 fully saturated rings. The quantitative estimate of drug-likeness (QED) is 0.825. The Morgan fingerprint density at radius 1 is 1.21 bits per heavy atom. The first-order valence-corrected chi connectivity index (χ1v) is 7.21. The van der Waals surface area contributed by atoms with Crippen molar-refractivity contribution in [2.75, 3.05) is 0 Å². The van der Waals surface area contributed by atoms with Gasteiger partial charge in [0.1, 0.15) is 11.6 Å². The van der Waals surface area contributed by atoms with Crippen LogP contribution in [-0.4, -0.2) is 16.0 Å². The van der Waals surface area contributed by atoms with Crippen molar-refractivity contribution in [3.63, 3.8) is 0 Å². The van der Waals surface area contributed by atoms with Gasteiger partial charge in [0.25, 0.3) is 0 Å². The van der Waals surface area contributed by atoms with Gasteiger partial charge in [0.2, 0.25) is 0 Å². The summed E-state index contributed by atoms with van der Waals surface area (Å²) in [5.74, 6) is 1.55. The standard InChI is InChI=1S/C15H18FN3/c16-10-5-6-12-13(8-10)19-15(18-12)14-7-9-3-1-2-4-11(9)17-14/h5-6,8-9,11,14,17H,1-4,7H2,(H,18,19). The Morgan fingerprint density at radius 3 is 3.00 bits per heavy atom. The molecule has 1 aromatic heterocycles. The lowest BCUT2D eigenvalue weighted by molar-refractivity contribution is 0.325. The molecule has 0 amide bonds. The Bertz CT molecular complexity index is 592. The van der Waals surface area contributed by atoms with E-state index in [0.29, 0.717) is 12.1 Å². The van der Waals surface area contributed by atoms with Gasteiger partial charge in [0, 0.05) is 6.04 Å². The molecule has 19 heavy (non-hydrogen) atoms. The molecule has 2 heterocycles. The van der Waals surface area contributed by atoms with Gasteiger partial charge in [-0.2, -0.15) is 0 Å². The maximum atomic E-state index is 13.2. The summed E-state index contributed by atoms with van der Waals surface area (Å²) in [5.41, 5.74) is 1.65. The van der Waals surface area contributed by atoms with Crippen molar-refractivity contribution in [3.05, 3.63) is 29.8 Å². The van der Waals surface area contributed by atoms with E-state index in [0.717, 1.165) is 29.2 Å². The SMILES string of the molecule is Fc1ccc2nc(C3CC4CCCCC4N3)[nH]c2c1. The Morgan fingerprint density at radius 2 is 2.11 bits per heavy atom. The molecule has 4 heteroatoms. The number of aromatic amines is 1. The summed E-state index contributed by atoms with van der Waals surface area (Å²) in [6.07, 6.45) is 6.49. The lowest BCUT2D eigenvalue weighted by Gasteiger charge is -2.24. The molecule has 1 saturated carbocycles. The second-order valence-corrected chi connectivity index (χ2v) is 5.89. The Kier molecular flexibility index (Phi) is 2.58. The van der Waals surface area contributed by atoms with Crippen molar-refractivity contribution < 1.29 is 4.39 Å². The monoisotopic (exact) mass is 259 g/mol. The van der Waals surface area contributed by atoms with Crippen molar-refractivity contribution in [2.45, 2.75) is 44.2 Å². The third-order valence-electron chi connectivity index (χ3n) is 4.66. The third-order valence-corrected chi connectivity index (χ3v) is 4.66. The lowest BCUT2D eigenvalue weighted by atomic mass is 9.85. The minimum Gasteiger partial charge on any atom is -0.341 e. The van der Waals surface area contributed by atoms with E-state index < -0.39 is 0 Å². The van der Waals surface area contributed by atoms with Gasteiger partial charge in [-0.05, 0) is 43.4 Å². The van der Waals surface area contributed by atoms with Crippen LogP contribution in [0.3, 0.4) is 0 Å². The molecule has 1 aliphatic heterocycles. The van der Waals surface area contributed by atoms with Gasteiger partial charge in [0.05, 0.1) is 17.1 Å². The first-order valence-electron chi connectivity index (χ1n) is 7.21. The summed E-state index contributed by atoms with van der Waals surface area (Å²) in [6.45, 7) is 0. The molecule has 0 bridgehead atoms. The van der Waals surface area contributed by atoms with Crippen LogP contribution in [0.15, 0.2) is 18.2 Å². The number of benzene rings is 1. The highest BCUT2D eigenvalue weighted by molar-refractivity contribution is 5.75. The number of rotatable bonds is 1. The van der Waals surface area contributed by atoms with Crippen LogP contribution < -0.4 is 5.32 Å². The van der Waals surface area contributed by atoms with Gasteiger partial charge in [-0.25, -0.2) is 9.37 Å². The van der Waals surface area contributed by atoms with Crippen molar-refractivity contribution in [2.24, 2.45) is 5.92 Å². The van der Waals surface area contributed by atoms with Crippen molar-refractivity contribution in [1.29, 1.82) is 0 Å². The van der Waals surface area contributed by atoms with Crippen LogP contribution in [0.25, 0.3) is 11.0 Å². The van der Waals surface area contributed by atoms with Crippen LogP contribution in [0.4, 0.5) is 4.39 Å². The lowest BCUT2D eigenvalue weighted by Crippen LogP contribution is -2.30. The molecule has 1 aliphatic carbocycles. The van der Waals surface area contributed by atoms with Gasteiger partial charge >= 0.3 is 0 Å². The molecule has 2 aliphatic rings. The molecule has 4 rings (SSSR count). The van der Waals surface area contributed by atoms with Crippen molar-refractivity contribution >= 4 is 11.0 Å². The minimum atomic E-state index is -0.212. The van der Waals surface area contributed by atoms with E-state index in [-0.39, 0.29) is 5.82 Å². The van der Waals surface area contributed by atoms with Gasteiger partial charge in [-0.3, -0.25) is 0 Å². The summed E-state index contributed by atoms with van der Waals surface area (Å²) in [4.78, 5) is 7.88. The zero-order chi connectivity index (χ0) is 12.8. The van der Waals surface area contributed by atoms with Crippen molar-refractivity contribution in [1.82, 2.24) is 15.3 Å². The van der Waals surface area contributed by atoms with Crippen LogP contribution >= 0.6 is 0 Å². The topological polar surface area (TPSA) is 40.7 Å². The molecule has 0 spiro atoms. The molecule has 1 saturated heterocycles. The number of nitrogens with one attached hydrogen (secondary N) is 2. The second kappa shape index (κ2) is 4.30. The molecule has 2 aromatic rings. The molecular formula is C15H18FN3. The molecule has 1 aromatic carbocycles. The van der Waals surface area contributed by atoms with Crippen molar-refractivity contribution in [3.8, 4) is 0 Å². The predicted molar refractivity (Wildman–Crippen MR) is 72.3 cm³/mol. The first kappa shape index (κ1) is 11.4. The highest BCUT2D eigenvalue weighted by Crippen LogP contribution is 2.38. The molecular weight excluding hydrogens is 241 g/mol. The summed E-state index contributed by atoms with van der Waals surface area (Å²) < 4.78 is 13.2. The van der Waals surface area contributed by atoms with E-state index in [9.17, 15) is 4.39 Å². The Hall–Kier alpha value is -1.42. The normalized spacial score (nSPS) is 30.7. The summed E-state index contributed by atoms with van der Waals surface area (Å²) in [7, 11) is 0. The fourth-order valence-corrected chi connectivity index (χ4v) is 3.70. The number of halogens is 1. The fourth-order valence-electron chi connectivity index (χ4n) is 3.70. The van der Waals surface area contributed by atoms with E-state index in [1.165, 1.54) is 37.8 Å². The zero-order valence-corrected chi connectivity index (χ0v) is 10.8. The largest absolute Gasteiger partial charge is 0.341 e. The second-order valence-electron chi connectivity index (χ2n) is 5.89. The number of H-pyrrole nitrogens is 1. The number of aromatic nitrogens is 2. The maximum Gasteiger partial charge on any atom is 0.125 e. The van der Waals surface area contributed by atoms with Gasteiger partial charge in [0.15, 0.2) is 0 Å². The average molecular weight is 259 g/mol. The highest BCUT2D eigenvalue weighted by Gasteiger charge is 2.36. The highest BCUT2D eigenvalue weighted by atomic mass is 19.1. The van der Waals surface area contributed by atoms with Gasteiger partial charge in [-0.15, -0.1) is 0 Å². The number of hydrogen-bond acceptors (Lipinski definition) is 2. The number of hydrogen-bond donors (Lipinski definition) is 2. The molecule has 3 unspecified atom stereocenters. The number of fused-ring (bicyclic) bond motifs is 2. The molecule has 100 valence electrons. The Labute approximate surface area is 111 Å². The number of nitrogens with zero attached hydrogens (tertiary/aromatic N) is 1. The van der Waals surface area contributed by atoms with E-state index in [1.807, 2.05) is 0 Å². The molecule has 3 atom stereocenters. The summed E-state index contributed by atoms with van der Waals surface area (Å²) >= 11 is 0. The predicted octanol–water partition coefficient (Wildman–Crippen LogP) is 3.30. The first-order chi connectivity index (χ1) is 9.29. The number of imidazole rings is 1. The fraction of sp³-hybridized carbons (Fsp3) is 0.533. The summed E-state index contributed by atoms with van der Waals surface area (Å²) in [5, 5.41) is 3.70. The Balaban J connectivity index is 1.64. The smallest absolute Gasteiger partial charge is 0.125 e. The van der Waals surface area contributed by atoms with Crippen LogP contribution in [-0.2, 0) is 0 Å². The van der Waals surface area contributed by atoms with Crippen LogP contribution in [0.5, 0.6) is 0 Å². The van der Waals surface area contributed by atoms with Crippen LogP contribution in [0, 0.1) is 11.7 Å². The third kappa shape index (κ3) is 1.94. The maximum absolute atomic E-state index is 13.2. The van der Waals surface area contributed by atoms with E-state index >= 15 is 0 Å². The van der Waals surface area contributed by atoms with E-state index in [2.05, 4.69) is 15.3 Å². The van der Waals surface area contributed by atoms with Crippen LogP contribution in [0.1, 0.15) is 44.0 Å².